The maximum Gasteiger partial charge on any atom is 0.291 e. The van der Waals surface area contributed by atoms with Gasteiger partial charge in [0.1, 0.15) is 5.75 Å². The molecule has 0 spiro atoms. The highest BCUT2D eigenvalue weighted by Gasteiger charge is 2.12. The van der Waals surface area contributed by atoms with Crippen molar-refractivity contribution in [1.29, 1.82) is 0 Å². The molecule has 0 aliphatic heterocycles. The highest BCUT2D eigenvalue weighted by Crippen LogP contribution is 2.19. The molecule has 2 aromatic heterocycles. The molecule has 130 valence electrons. The van der Waals surface area contributed by atoms with E-state index in [1.807, 2.05) is 60.7 Å². The minimum atomic E-state index is -0.162. The fourth-order valence-electron chi connectivity index (χ4n) is 2.63. The average molecular weight is 363 g/mol. The van der Waals surface area contributed by atoms with Crippen LogP contribution in [0, 0.1) is 0 Å². The predicted octanol–water partition coefficient (Wildman–Crippen LogP) is 3.15. The van der Waals surface area contributed by atoms with Crippen LogP contribution in [0.2, 0.25) is 0 Å². The molecule has 2 heterocycles. The van der Waals surface area contributed by atoms with Crippen molar-refractivity contribution in [3.8, 4) is 17.1 Å². The second kappa shape index (κ2) is 7.09. The molecule has 4 rings (SSSR count). The van der Waals surface area contributed by atoms with Gasteiger partial charge in [-0.25, -0.2) is 0 Å². The first-order valence-electron chi connectivity index (χ1n) is 8.45. The molecule has 0 atom stereocenters. The molecule has 5 nitrogen and oxygen atoms in total. The molecule has 6 heteroatoms. The molecule has 0 saturated carbocycles. The number of benzene rings is 2. The number of hydrogen-bond acceptors (Lipinski definition) is 5. The Hall–Kier alpha value is -2.99. The van der Waals surface area contributed by atoms with Gasteiger partial charge in [0.15, 0.2) is 5.82 Å². The second-order valence-electron chi connectivity index (χ2n) is 5.80. The lowest BCUT2D eigenvalue weighted by molar-refractivity contribution is 0.317. The molecular weight excluding hydrogens is 346 g/mol. The smallest absolute Gasteiger partial charge is 0.291 e. The standard InChI is InChI=1S/C20H17N3O2S/c1-2-12-25-16-11-7-6-10-15(16)13-17-19(24)23-20(26-17)21-18(22-23)14-8-4-3-5-9-14/h3-11,13H,2,12H2,1H3/b17-13-. The van der Waals surface area contributed by atoms with Crippen LogP contribution in [0.25, 0.3) is 22.4 Å². The van der Waals surface area contributed by atoms with Crippen LogP contribution in [0.4, 0.5) is 0 Å². The Balaban J connectivity index is 1.77. The molecular formula is C20H17N3O2S. The molecule has 0 amide bonds. The Labute approximate surface area is 154 Å². The summed E-state index contributed by atoms with van der Waals surface area (Å²) in [5.74, 6) is 1.34. The van der Waals surface area contributed by atoms with Crippen LogP contribution in [0.3, 0.4) is 0 Å². The Kier molecular flexibility index (Phi) is 4.50. The van der Waals surface area contributed by atoms with E-state index in [4.69, 9.17) is 4.74 Å². The van der Waals surface area contributed by atoms with E-state index in [2.05, 4.69) is 17.0 Å². The van der Waals surface area contributed by atoms with Gasteiger partial charge in [0, 0.05) is 11.1 Å². The summed E-state index contributed by atoms with van der Waals surface area (Å²) in [6.45, 7) is 2.71. The maximum absolute atomic E-state index is 12.7. The lowest BCUT2D eigenvalue weighted by Crippen LogP contribution is -2.23. The molecule has 2 aromatic carbocycles. The first-order chi connectivity index (χ1) is 12.8. The maximum atomic E-state index is 12.7. The summed E-state index contributed by atoms with van der Waals surface area (Å²) in [5, 5.41) is 4.37. The molecule has 0 radical (unpaired) electrons. The first-order valence-corrected chi connectivity index (χ1v) is 9.26. The van der Waals surface area contributed by atoms with Crippen molar-refractivity contribution in [2.75, 3.05) is 6.61 Å². The minimum Gasteiger partial charge on any atom is -0.493 e. The molecule has 0 aliphatic carbocycles. The number of aromatic nitrogens is 3. The Morgan fingerprint density at radius 3 is 2.65 bits per heavy atom. The molecule has 0 unspecified atom stereocenters. The lowest BCUT2D eigenvalue weighted by Gasteiger charge is -2.07. The Morgan fingerprint density at radius 2 is 1.88 bits per heavy atom. The summed E-state index contributed by atoms with van der Waals surface area (Å²) in [4.78, 5) is 17.8. The second-order valence-corrected chi connectivity index (χ2v) is 6.81. The van der Waals surface area contributed by atoms with Crippen molar-refractivity contribution in [2.45, 2.75) is 13.3 Å². The topological polar surface area (TPSA) is 56.5 Å². The van der Waals surface area contributed by atoms with Crippen molar-refractivity contribution in [1.82, 2.24) is 14.6 Å². The zero-order valence-corrected chi connectivity index (χ0v) is 15.1. The van der Waals surface area contributed by atoms with Gasteiger partial charge < -0.3 is 4.74 Å². The van der Waals surface area contributed by atoms with Gasteiger partial charge in [0.05, 0.1) is 11.1 Å². The van der Waals surface area contributed by atoms with Crippen LogP contribution in [0.15, 0.2) is 59.4 Å². The molecule has 0 fully saturated rings. The summed E-state index contributed by atoms with van der Waals surface area (Å²) in [5.41, 5.74) is 1.61. The van der Waals surface area contributed by atoms with E-state index >= 15 is 0 Å². The number of para-hydroxylation sites is 1. The van der Waals surface area contributed by atoms with Gasteiger partial charge in [-0.05, 0) is 18.6 Å². The monoisotopic (exact) mass is 363 g/mol. The van der Waals surface area contributed by atoms with Crippen LogP contribution in [-0.2, 0) is 0 Å². The number of ether oxygens (including phenoxy) is 1. The van der Waals surface area contributed by atoms with Gasteiger partial charge in [-0.3, -0.25) is 4.79 Å². The van der Waals surface area contributed by atoms with Crippen molar-refractivity contribution >= 4 is 22.4 Å². The van der Waals surface area contributed by atoms with Gasteiger partial charge in [0.2, 0.25) is 4.96 Å². The summed E-state index contributed by atoms with van der Waals surface area (Å²) in [7, 11) is 0. The third kappa shape index (κ3) is 3.11. The normalized spacial score (nSPS) is 12.0. The molecule has 0 N–H and O–H groups in total. The molecule has 0 saturated heterocycles. The highest BCUT2D eigenvalue weighted by atomic mass is 32.1. The van der Waals surface area contributed by atoms with Crippen LogP contribution >= 0.6 is 11.3 Å². The van der Waals surface area contributed by atoms with Crippen molar-refractivity contribution in [3.05, 3.63) is 75.0 Å². The number of fused-ring (bicyclic) bond motifs is 1. The fourth-order valence-corrected chi connectivity index (χ4v) is 3.53. The molecule has 26 heavy (non-hydrogen) atoms. The lowest BCUT2D eigenvalue weighted by atomic mass is 10.2. The number of nitrogens with zero attached hydrogens (tertiary/aromatic N) is 3. The minimum absolute atomic E-state index is 0.162. The zero-order chi connectivity index (χ0) is 17.9. The van der Waals surface area contributed by atoms with Crippen LogP contribution in [0.5, 0.6) is 5.75 Å². The first kappa shape index (κ1) is 16.5. The quantitative estimate of drug-likeness (QED) is 0.547. The van der Waals surface area contributed by atoms with Gasteiger partial charge >= 0.3 is 0 Å². The van der Waals surface area contributed by atoms with E-state index in [9.17, 15) is 4.79 Å². The van der Waals surface area contributed by atoms with E-state index in [-0.39, 0.29) is 5.56 Å². The van der Waals surface area contributed by atoms with Crippen LogP contribution in [-0.4, -0.2) is 21.2 Å². The summed E-state index contributed by atoms with van der Waals surface area (Å²) in [6.07, 6.45) is 2.77. The average Bonchev–Trinajstić information content (AvgIpc) is 3.22. The van der Waals surface area contributed by atoms with E-state index in [1.54, 1.807) is 0 Å². The van der Waals surface area contributed by atoms with E-state index < -0.39 is 0 Å². The summed E-state index contributed by atoms with van der Waals surface area (Å²) >= 11 is 1.33. The Bertz CT molecular complexity index is 1150. The van der Waals surface area contributed by atoms with Gasteiger partial charge in [-0.15, -0.1) is 5.10 Å². The van der Waals surface area contributed by atoms with Gasteiger partial charge in [-0.2, -0.15) is 9.50 Å². The fraction of sp³-hybridized carbons (Fsp3) is 0.150. The Morgan fingerprint density at radius 1 is 1.12 bits per heavy atom. The molecule has 4 aromatic rings. The third-order valence-corrected chi connectivity index (χ3v) is 4.84. The van der Waals surface area contributed by atoms with Crippen LogP contribution < -0.4 is 14.8 Å². The molecule has 0 aliphatic rings. The van der Waals surface area contributed by atoms with Gasteiger partial charge in [0.25, 0.3) is 5.56 Å². The third-order valence-electron chi connectivity index (χ3n) is 3.88. The van der Waals surface area contributed by atoms with Crippen molar-refractivity contribution < 1.29 is 4.74 Å². The van der Waals surface area contributed by atoms with Gasteiger partial charge in [-0.1, -0.05) is 66.8 Å². The van der Waals surface area contributed by atoms with Crippen molar-refractivity contribution in [2.24, 2.45) is 0 Å². The van der Waals surface area contributed by atoms with Crippen molar-refractivity contribution in [3.63, 3.8) is 0 Å². The largest absolute Gasteiger partial charge is 0.493 e. The number of thiazole rings is 1. The SMILES string of the molecule is CCCOc1ccccc1/C=c1\sc2nc(-c3ccccc3)nn2c1=O. The summed E-state index contributed by atoms with van der Waals surface area (Å²) in [6, 6.07) is 17.4. The highest BCUT2D eigenvalue weighted by molar-refractivity contribution is 7.15. The molecule has 0 bridgehead atoms. The van der Waals surface area contributed by atoms with E-state index in [0.717, 1.165) is 23.3 Å². The number of rotatable bonds is 5. The van der Waals surface area contributed by atoms with E-state index in [0.29, 0.717) is 21.9 Å². The zero-order valence-electron chi connectivity index (χ0n) is 14.3. The van der Waals surface area contributed by atoms with Crippen LogP contribution in [0.1, 0.15) is 18.9 Å². The van der Waals surface area contributed by atoms with E-state index in [1.165, 1.54) is 15.9 Å². The predicted molar refractivity (Wildman–Crippen MR) is 104 cm³/mol. The number of hydrogen-bond donors (Lipinski definition) is 0. The summed E-state index contributed by atoms with van der Waals surface area (Å²) < 4.78 is 7.72.